The van der Waals surface area contributed by atoms with Crippen LogP contribution in [0, 0.1) is 9.39 Å². The van der Waals surface area contributed by atoms with Gasteiger partial charge in [0.25, 0.3) is 5.91 Å². The Labute approximate surface area is 142 Å². The Morgan fingerprint density at radius 3 is 2.77 bits per heavy atom. The predicted molar refractivity (Wildman–Crippen MR) is 89.1 cm³/mol. The molecular weight excluding hydrogens is 424 g/mol. The maximum Gasteiger partial charge on any atom is 0.255 e. The van der Waals surface area contributed by atoms with Crippen LogP contribution >= 0.6 is 22.6 Å². The zero-order valence-electron chi connectivity index (χ0n) is 12.1. The average Bonchev–Trinajstić information content (AvgIpc) is 2.79. The van der Waals surface area contributed by atoms with Crippen LogP contribution in [-0.4, -0.2) is 57.0 Å². The third-order valence-electron chi connectivity index (χ3n) is 3.61. The second-order valence-electron chi connectivity index (χ2n) is 5.17. The molecular formula is C14H17FINO4S. The fraction of sp³-hybridized carbons (Fsp3) is 0.500. The minimum absolute atomic E-state index is 0.0276. The van der Waals surface area contributed by atoms with E-state index in [9.17, 15) is 17.6 Å². The first-order valence-corrected chi connectivity index (χ1v) is 9.69. The van der Waals surface area contributed by atoms with Crippen LogP contribution in [0.15, 0.2) is 18.2 Å². The lowest BCUT2D eigenvalue weighted by atomic mass is 10.1. The van der Waals surface area contributed by atoms with Crippen LogP contribution in [0.2, 0.25) is 0 Å². The molecule has 1 amide bonds. The maximum atomic E-state index is 13.2. The van der Waals surface area contributed by atoms with Crippen LogP contribution in [0.5, 0.6) is 0 Å². The number of sulfone groups is 1. The molecule has 1 aliphatic heterocycles. The van der Waals surface area contributed by atoms with E-state index in [0.717, 1.165) is 0 Å². The normalized spacial score (nSPS) is 20.0. The number of carbonyl (C=O) groups is 1. The van der Waals surface area contributed by atoms with Gasteiger partial charge in [0.2, 0.25) is 0 Å². The van der Waals surface area contributed by atoms with Crippen LogP contribution in [0.25, 0.3) is 0 Å². The van der Waals surface area contributed by atoms with E-state index in [-0.39, 0.29) is 23.5 Å². The van der Waals surface area contributed by atoms with Crippen molar-refractivity contribution in [2.24, 2.45) is 0 Å². The quantitative estimate of drug-likeness (QED) is 0.653. The van der Waals surface area contributed by atoms with E-state index in [1.165, 1.54) is 30.2 Å². The molecule has 1 unspecified atom stereocenters. The predicted octanol–water partition coefficient (Wildman–Crippen LogP) is 1.71. The molecule has 1 atom stereocenters. The highest BCUT2D eigenvalue weighted by Gasteiger charge is 2.35. The molecule has 122 valence electrons. The topological polar surface area (TPSA) is 63.7 Å². The van der Waals surface area contributed by atoms with Crippen molar-refractivity contribution in [3.05, 3.63) is 33.1 Å². The first-order valence-electron chi connectivity index (χ1n) is 6.79. The second-order valence-corrected chi connectivity index (χ2v) is 8.56. The van der Waals surface area contributed by atoms with Crippen molar-refractivity contribution in [1.29, 1.82) is 0 Å². The number of nitrogens with zero attached hydrogens (tertiary/aromatic N) is 1. The van der Waals surface area contributed by atoms with E-state index in [4.69, 9.17) is 4.74 Å². The highest BCUT2D eigenvalue weighted by molar-refractivity contribution is 14.1. The van der Waals surface area contributed by atoms with Crippen molar-refractivity contribution >= 4 is 38.3 Å². The molecule has 8 heteroatoms. The molecule has 1 heterocycles. The van der Waals surface area contributed by atoms with Gasteiger partial charge in [-0.05, 0) is 47.2 Å². The number of hydrogen-bond donors (Lipinski definition) is 0. The smallest absolute Gasteiger partial charge is 0.255 e. The lowest BCUT2D eigenvalue weighted by Crippen LogP contribution is -2.43. The molecule has 0 spiro atoms. The summed E-state index contributed by atoms with van der Waals surface area (Å²) in [6.45, 7) is 0.628. The van der Waals surface area contributed by atoms with Crippen LogP contribution in [-0.2, 0) is 14.6 Å². The van der Waals surface area contributed by atoms with Gasteiger partial charge in [-0.3, -0.25) is 4.79 Å². The summed E-state index contributed by atoms with van der Waals surface area (Å²) in [4.78, 5) is 14.3. The van der Waals surface area contributed by atoms with Gasteiger partial charge in [0.05, 0.1) is 23.7 Å². The zero-order chi connectivity index (χ0) is 16.3. The summed E-state index contributed by atoms with van der Waals surface area (Å²) in [6.07, 6.45) is 0.426. The Bertz CT molecular complexity index is 665. The average molecular weight is 441 g/mol. The lowest BCUT2D eigenvalue weighted by Gasteiger charge is -2.28. The number of rotatable bonds is 5. The number of ether oxygens (including phenoxy) is 1. The summed E-state index contributed by atoms with van der Waals surface area (Å²) in [7, 11) is -1.57. The van der Waals surface area contributed by atoms with Gasteiger partial charge in [0, 0.05) is 23.3 Å². The van der Waals surface area contributed by atoms with E-state index < -0.39 is 15.7 Å². The van der Waals surface area contributed by atoms with Gasteiger partial charge >= 0.3 is 0 Å². The van der Waals surface area contributed by atoms with Crippen LogP contribution in [0.4, 0.5) is 4.39 Å². The molecule has 5 nitrogen and oxygen atoms in total. The molecule has 1 fully saturated rings. The molecule has 1 saturated heterocycles. The molecule has 0 N–H and O–H groups in total. The highest BCUT2D eigenvalue weighted by Crippen LogP contribution is 2.22. The summed E-state index contributed by atoms with van der Waals surface area (Å²) in [5.41, 5.74) is 0.377. The number of halogens is 2. The van der Waals surface area contributed by atoms with Gasteiger partial charge in [0.1, 0.15) is 5.82 Å². The minimum Gasteiger partial charge on any atom is -0.383 e. The maximum absolute atomic E-state index is 13.2. The van der Waals surface area contributed by atoms with E-state index in [1.807, 2.05) is 22.6 Å². The highest BCUT2D eigenvalue weighted by atomic mass is 127. The number of carbonyl (C=O) groups excluding carboxylic acids is 1. The molecule has 22 heavy (non-hydrogen) atoms. The molecule has 0 aromatic heterocycles. The SMILES string of the molecule is COCCN(C(=O)c1ccc(F)cc1I)C1CCS(=O)(=O)C1. The zero-order valence-corrected chi connectivity index (χ0v) is 15.1. The van der Waals surface area contributed by atoms with Crippen LogP contribution in [0.1, 0.15) is 16.8 Å². The first-order chi connectivity index (χ1) is 10.3. The van der Waals surface area contributed by atoms with E-state index in [0.29, 0.717) is 28.7 Å². The van der Waals surface area contributed by atoms with Gasteiger partial charge < -0.3 is 9.64 Å². The third kappa shape index (κ3) is 4.17. The van der Waals surface area contributed by atoms with Crippen LogP contribution < -0.4 is 0 Å². The first kappa shape index (κ1) is 17.6. The minimum atomic E-state index is -3.09. The summed E-state index contributed by atoms with van der Waals surface area (Å²) >= 11 is 1.91. The Balaban J connectivity index is 2.26. The number of methoxy groups -OCH3 is 1. The van der Waals surface area contributed by atoms with Gasteiger partial charge in [-0.1, -0.05) is 0 Å². The fourth-order valence-corrected chi connectivity index (χ4v) is 4.92. The lowest BCUT2D eigenvalue weighted by molar-refractivity contribution is 0.0623. The molecule has 2 rings (SSSR count). The van der Waals surface area contributed by atoms with Crippen molar-refractivity contribution in [3.63, 3.8) is 0 Å². The fourth-order valence-electron chi connectivity index (χ4n) is 2.48. The molecule has 0 radical (unpaired) electrons. The van der Waals surface area contributed by atoms with E-state index >= 15 is 0 Å². The largest absolute Gasteiger partial charge is 0.383 e. The van der Waals surface area contributed by atoms with Gasteiger partial charge in [-0.15, -0.1) is 0 Å². The Morgan fingerprint density at radius 1 is 1.50 bits per heavy atom. The molecule has 1 aromatic rings. The van der Waals surface area contributed by atoms with Crippen molar-refractivity contribution in [2.75, 3.05) is 31.8 Å². The van der Waals surface area contributed by atoms with Crippen molar-refractivity contribution < 1.29 is 22.3 Å². The van der Waals surface area contributed by atoms with Crippen LogP contribution in [0.3, 0.4) is 0 Å². The summed E-state index contributed by atoms with van der Waals surface area (Å²) in [5.74, 6) is -0.633. The molecule has 1 aliphatic rings. The molecule has 0 bridgehead atoms. The van der Waals surface area contributed by atoms with Gasteiger partial charge in [-0.25, -0.2) is 12.8 Å². The standard InChI is InChI=1S/C14H17FINO4S/c1-21-6-5-17(11-4-7-22(19,20)9-11)14(18)12-3-2-10(15)8-13(12)16/h2-3,8,11H,4-7,9H2,1H3. The number of benzene rings is 1. The number of hydrogen-bond acceptors (Lipinski definition) is 4. The van der Waals surface area contributed by atoms with Crippen molar-refractivity contribution in [3.8, 4) is 0 Å². The summed E-state index contributed by atoms with van der Waals surface area (Å²) in [5, 5.41) is 0. The number of amides is 1. The molecule has 1 aromatic carbocycles. The monoisotopic (exact) mass is 441 g/mol. The second kappa shape index (κ2) is 7.22. The van der Waals surface area contributed by atoms with E-state index in [1.54, 1.807) is 0 Å². The van der Waals surface area contributed by atoms with E-state index in [2.05, 4.69) is 0 Å². The van der Waals surface area contributed by atoms with Crippen molar-refractivity contribution in [2.45, 2.75) is 12.5 Å². The molecule has 0 aliphatic carbocycles. The summed E-state index contributed by atoms with van der Waals surface area (Å²) in [6, 6.07) is 3.60. The summed E-state index contributed by atoms with van der Waals surface area (Å²) < 4.78 is 42.0. The van der Waals surface area contributed by atoms with Gasteiger partial charge in [-0.2, -0.15) is 0 Å². The van der Waals surface area contributed by atoms with Crippen molar-refractivity contribution in [1.82, 2.24) is 4.90 Å². The Kier molecular flexibility index (Phi) is 5.78. The Hall–Kier alpha value is -0.740. The Morgan fingerprint density at radius 2 is 2.23 bits per heavy atom. The van der Waals surface area contributed by atoms with Gasteiger partial charge in [0.15, 0.2) is 9.84 Å². The molecule has 0 saturated carbocycles. The third-order valence-corrected chi connectivity index (χ3v) is 6.25.